The number of methoxy groups -OCH3 is 1. The molecule has 0 aromatic rings. The number of rotatable bonds is 5. The molecule has 0 unspecified atom stereocenters. The number of hydrogen-bond donors (Lipinski definition) is 1. The Hall–Kier alpha value is -0.330. The van der Waals surface area contributed by atoms with Crippen molar-refractivity contribution < 1.29 is 17.9 Å². The van der Waals surface area contributed by atoms with Crippen LogP contribution in [0.1, 0.15) is 44.9 Å². The minimum Gasteiger partial charge on any atom is -0.380 e. The highest BCUT2D eigenvalue weighted by Crippen LogP contribution is 2.24. The van der Waals surface area contributed by atoms with Crippen LogP contribution < -0.4 is 5.32 Å². The molecule has 0 aromatic heterocycles. The molecule has 3 nitrogen and oxygen atoms in total. The minimum atomic E-state index is -4.04. The molecule has 1 heterocycles. The number of halogens is 3. The fraction of sp³-hybridized carbons (Fsp3) is 1.00. The molecule has 0 radical (unpaired) electrons. The molecule has 2 fully saturated rings. The number of alkyl halides is 3. The molecule has 21 heavy (non-hydrogen) atoms. The second-order valence-electron chi connectivity index (χ2n) is 6.31. The summed E-state index contributed by atoms with van der Waals surface area (Å²) < 4.78 is 42.2. The lowest BCUT2D eigenvalue weighted by Crippen LogP contribution is -2.51. The maximum absolute atomic E-state index is 12.2. The lowest BCUT2D eigenvalue weighted by atomic mass is 9.91. The Labute approximate surface area is 125 Å². The first kappa shape index (κ1) is 17.0. The summed E-state index contributed by atoms with van der Waals surface area (Å²) in [7, 11) is 1.77. The Morgan fingerprint density at radius 1 is 1.10 bits per heavy atom. The molecule has 1 aliphatic heterocycles. The van der Waals surface area contributed by atoms with Crippen molar-refractivity contribution in [3.8, 4) is 0 Å². The number of ether oxygens (including phenoxy) is 1. The smallest absolute Gasteiger partial charge is 0.380 e. The van der Waals surface area contributed by atoms with E-state index in [4.69, 9.17) is 4.74 Å². The predicted molar refractivity (Wildman–Crippen MR) is 76.3 cm³/mol. The van der Waals surface area contributed by atoms with Crippen LogP contribution in [-0.4, -0.2) is 56.0 Å². The van der Waals surface area contributed by atoms with Gasteiger partial charge in [-0.05, 0) is 38.8 Å². The van der Waals surface area contributed by atoms with Crippen LogP contribution >= 0.6 is 0 Å². The summed E-state index contributed by atoms with van der Waals surface area (Å²) in [6.45, 7) is 1.66. The standard InChI is InChI=1S/C15H27F3N2O/c1-21-14-5-3-2-4-13(14)19-12-6-9-20(10-7-12)11-8-15(16,17)18/h12-14,19H,2-11H2,1H3/t13-,14-/m1/s1. The first-order chi connectivity index (χ1) is 9.98. The van der Waals surface area contributed by atoms with E-state index in [9.17, 15) is 13.2 Å². The van der Waals surface area contributed by atoms with Crippen molar-refractivity contribution in [3.63, 3.8) is 0 Å². The Morgan fingerprint density at radius 3 is 2.38 bits per heavy atom. The molecule has 1 saturated carbocycles. The van der Waals surface area contributed by atoms with E-state index in [1.54, 1.807) is 7.11 Å². The van der Waals surface area contributed by atoms with E-state index in [0.29, 0.717) is 18.2 Å². The third-order valence-electron chi connectivity index (χ3n) is 4.75. The minimum absolute atomic E-state index is 0.139. The highest BCUT2D eigenvalue weighted by atomic mass is 19.4. The van der Waals surface area contributed by atoms with E-state index >= 15 is 0 Å². The summed E-state index contributed by atoms with van der Waals surface area (Å²) in [5.74, 6) is 0. The van der Waals surface area contributed by atoms with Crippen LogP contribution in [0.15, 0.2) is 0 Å². The van der Waals surface area contributed by atoms with Gasteiger partial charge in [-0.25, -0.2) is 0 Å². The quantitative estimate of drug-likeness (QED) is 0.845. The zero-order valence-electron chi connectivity index (χ0n) is 12.8. The highest BCUT2D eigenvalue weighted by Gasteiger charge is 2.31. The maximum Gasteiger partial charge on any atom is 0.390 e. The zero-order valence-corrected chi connectivity index (χ0v) is 12.8. The average Bonchev–Trinajstić information content (AvgIpc) is 2.46. The Bertz CT molecular complexity index is 304. The second kappa shape index (κ2) is 7.79. The third kappa shape index (κ3) is 5.75. The molecule has 1 saturated heterocycles. The largest absolute Gasteiger partial charge is 0.390 e. The monoisotopic (exact) mass is 308 g/mol. The molecule has 6 heteroatoms. The number of hydrogen-bond acceptors (Lipinski definition) is 3. The van der Waals surface area contributed by atoms with Crippen LogP contribution in [0.2, 0.25) is 0 Å². The molecule has 0 bridgehead atoms. The molecule has 1 N–H and O–H groups in total. The summed E-state index contributed by atoms with van der Waals surface area (Å²) in [4.78, 5) is 1.93. The van der Waals surface area contributed by atoms with E-state index in [1.807, 2.05) is 4.90 Å². The van der Waals surface area contributed by atoms with Crippen molar-refractivity contribution in [3.05, 3.63) is 0 Å². The van der Waals surface area contributed by atoms with Gasteiger partial charge >= 0.3 is 6.18 Å². The summed E-state index contributed by atoms with van der Waals surface area (Å²) in [6, 6.07) is 0.836. The Balaban J connectivity index is 1.69. The van der Waals surface area contributed by atoms with Crippen LogP contribution in [-0.2, 0) is 4.74 Å². The van der Waals surface area contributed by atoms with Crippen molar-refractivity contribution in [1.29, 1.82) is 0 Å². The average molecular weight is 308 g/mol. The van der Waals surface area contributed by atoms with Crippen LogP contribution in [0.5, 0.6) is 0 Å². The van der Waals surface area contributed by atoms with E-state index < -0.39 is 12.6 Å². The molecular formula is C15H27F3N2O. The summed E-state index contributed by atoms with van der Waals surface area (Å²) in [5, 5.41) is 3.68. The molecule has 2 rings (SSSR count). The second-order valence-corrected chi connectivity index (χ2v) is 6.31. The molecular weight excluding hydrogens is 281 g/mol. The molecule has 0 amide bonds. The number of nitrogens with zero attached hydrogens (tertiary/aromatic N) is 1. The van der Waals surface area contributed by atoms with Crippen molar-refractivity contribution in [2.75, 3.05) is 26.7 Å². The first-order valence-corrected chi connectivity index (χ1v) is 8.06. The summed E-state index contributed by atoms with van der Waals surface area (Å²) in [6.07, 6.45) is 2.15. The number of likely N-dealkylation sites (tertiary alicyclic amines) is 1. The van der Waals surface area contributed by atoms with Crippen LogP contribution in [0.4, 0.5) is 13.2 Å². The highest BCUT2D eigenvalue weighted by molar-refractivity contribution is 4.87. The molecule has 2 atom stereocenters. The molecule has 1 aliphatic carbocycles. The van der Waals surface area contributed by atoms with Gasteiger partial charge in [0, 0.05) is 25.7 Å². The molecule has 0 aromatic carbocycles. The van der Waals surface area contributed by atoms with Crippen molar-refractivity contribution >= 4 is 0 Å². The fourth-order valence-electron chi connectivity index (χ4n) is 3.48. The van der Waals surface area contributed by atoms with Gasteiger partial charge in [-0.15, -0.1) is 0 Å². The third-order valence-corrected chi connectivity index (χ3v) is 4.75. The fourth-order valence-corrected chi connectivity index (χ4v) is 3.48. The van der Waals surface area contributed by atoms with Gasteiger partial charge in [-0.3, -0.25) is 0 Å². The van der Waals surface area contributed by atoms with Gasteiger partial charge in [-0.2, -0.15) is 13.2 Å². The molecule has 2 aliphatic rings. The lowest BCUT2D eigenvalue weighted by Gasteiger charge is -2.38. The SMILES string of the molecule is CO[C@@H]1CCCC[C@H]1NC1CCN(CCC(F)(F)F)CC1. The predicted octanol–water partition coefficient (Wildman–Crippen LogP) is 2.95. The van der Waals surface area contributed by atoms with E-state index in [-0.39, 0.29) is 6.54 Å². The number of nitrogens with one attached hydrogen (secondary N) is 1. The number of piperidine rings is 1. The first-order valence-electron chi connectivity index (χ1n) is 8.06. The zero-order chi connectivity index (χ0) is 15.3. The van der Waals surface area contributed by atoms with Gasteiger partial charge in [0.1, 0.15) is 0 Å². The Kier molecular flexibility index (Phi) is 6.32. The van der Waals surface area contributed by atoms with Gasteiger partial charge < -0.3 is 15.0 Å². The topological polar surface area (TPSA) is 24.5 Å². The Morgan fingerprint density at radius 2 is 1.76 bits per heavy atom. The maximum atomic E-state index is 12.2. The lowest BCUT2D eigenvalue weighted by molar-refractivity contribution is -0.138. The summed E-state index contributed by atoms with van der Waals surface area (Å²) in [5.41, 5.74) is 0. The van der Waals surface area contributed by atoms with Gasteiger partial charge in [0.2, 0.25) is 0 Å². The van der Waals surface area contributed by atoms with Gasteiger partial charge in [0.25, 0.3) is 0 Å². The van der Waals surface area contributed by atoms with E-state index in [1.165, 1.54) is 12.8 Å². The van der Waals surface area contributed by atoms with Crippen LogP contribution in [0.3, 0.4) is 0 Å². The van der Waals surface area contributed by atoms with Crippen molar-refractivity contribution in [2.24, 2.45) is 0 Å². The van der Waals surface area contributed by atoms with Crippen molar-refractivity contribution in [1.82, 2.24) is 10.2 Å². The van der Waals surface area contributed by atoms with Crippen molar-refractivity contribution in [2.45, 2.75) is 69.3 Å². The normalized spacial score (nSPS) is 29.7. The van der Waals surface area contributed by atoms with E-state index in [2.05, 4.69) is 5.32 Å². The summed E-state index contributed by atoms with van der Waals surface area (Å²) >= 11 is 0. The van der Waals surface area contributed by atoms with Gasteiger partial charge in [0.05, 0.1) is 12.5 Å². The van der Waals surface area contributed by atoms with Crippen LogP contribution in [0, 0.1) is 0 Å². The molecule has 0 spiro atoms. The van der Waals surface area contributed by atoms with Gasteiger partial charge in [0.15, 0.2) is 0 Å². The van der Waals surface area contributed by atoms with E-state index in [0.717, 1.165) is 38.8 Å². The van der Waals surface area contributed by atoms with Crippen LogP contribution in [0.25, 0.3) is 0 Å². The molecule has 124 valence electrons. The van der Waals surface area contributed by atoms with Gasteiger partial charge in [-0.1, -0.05) is 12.8 Å².